The zero-order valence-electron chi connectivity index (χ0n) is 10.9. The molecule has 11 heteroatoms. The van der Waals surface area contributed by atoms with Crippen LogP contribution in [0.2, 0.25) is 0 Å². The Labute approximate surface area is 121 Å². The Morgan fingerprint density at radius 3 is 2.50 bits per heavy atom. The Kier molecular flexibility index (Phi) is 5.60. The maximum atomic E-state index is 12.6. The average Bonchev–Trinajstić information content (AvgIpc) is 2.63. The number of amides is 2. The van der Waals surface area contributed by atoms with Crippen molar-refractivity contribution < 1.29 is 31.5 Å². The molecule has 0 aliphatic carbocycles. The number of halogens is 5. The predicted octanol–water partition coefficient (Wildman–Crippen LogP) is 0.793. The molecule has 1 aliphatic rings. The van der Waals surface area contributed by atoms with Gasteiger partial charge in [-0.05, 0) is 6.08 Å². The maximum Gasteiger partial charge on any atom is 0.455 e. The van der Waals surface area contributed by atoms with Crippen molar-refractivity contribution in [2.75, 3.05) is 6.54 Å². The van der Waals surface area contributed by atoms with Crippen LogP contribution in [0.3, 0.4) is 0 Å². The highest BCUT2D eigenvalue weighted by Crippen LogP contribution is 2.34. The molecule has 0 saturated heterocycles. The first-order chi connectivity index (χ1) is 10.1. The molecule has 6 nitrogen and oxygen atoms in total. The van der Waals surface area contributed by atoms with Crippen LogP contribution in [0.4, 0.5) is 22.0 Å². The molecule has 22 heavy (non-hydrogen) atoms. The number of nitrogens with zero attached hydrogens (tertiary/aromatic N) is 1. The van der Waals surface area contributed by atoms with Crippen LogP contribution in [0.1, 0.15) is 6.42 Å². The Bertz CT molecular complexity index is 525. The van der Waals surface area contributed by atoms with Crippen molar-refractivity contribution in [3.05, 3.63) is 24.3 Å². The van der Waals surface area contributed by atoms with Crippen molar-refractivity contribution in [3.8, 4) is 0 Å². The number of alkyl halides is 5. The summed E-state index contributed by atoms with van der Waals surface area (Å²) in [5.41, 5.74) is 0. The molecule has 0 aromatic heterocycles. The molecule has 0 spiro atoms. The molecule has 122 valence electrons. The van der Waals surface area contributed by atoms with Crippen LogP contribution in [-0.2, 0) is 9.59 Å². The van der Waals surface area contributed by atoms with Crippen LogP contribution >= 0.6 is 0 Å². The summed E-state index contributed by atoms with van der Waals surface area (Å²) in [5.74, 6) is -7.13. The van der Waals surface area contributed by atoms with Gasteiger partial charge in [0.05, 0.1) is 12.7 Å². The summed E-state index contributed by atoms with van der Waals surface area (Å²) in [4.78, 5) is 26.3. The minimum atomic E-state index is -5.78. The predicted molar refractivity (Wildman–Crippen MR) is 65.6 cm³/mol. The fourth-order valence-corrected chi connectivity index (χ4v) is 1.17. The van der Waals surface area contributed by atoms with Crippen LogP contribution in [0, 0.1) is 0 Å². The molecule has 1 heterocycles. The molecule has 2 amide bonds. The topological polar surface area (TPSA) is 82.6 Å². The van der Waals surface area contributed by atoms with E-state index in [0.29, 0.717) is 0 Å². The van der Waals surface area contributed by atoms with Crippen molar-refractivity contribution in [2.45, 2.75) is 18.5 Å². The maximum absolute atomic E-state index is 12.6. The van der Waals surface area contributed by atoms with E-state index in [4.69, 9.17) is 0 Å². The van der Waals surface area contributed by atoms with Gasteiger partial charge in [-0.2, -0.15) is 22.0 Å². The van der Waals surface area contributed by atoms with Gasteiger partial charge in [0, 0.05) is 12.4 Å². The van der Waals surface area contributed by atoms with E-state index in [1.807, 2.05) is 0 Å². The van der Waals surface area contributed by atoms with Gasteiger partial charge in [-0.3, -0.25) is 14.6 Å². The molecular weight excluding hydrogens is 315 g/mol. The number of carbonyl (C=O) groups is 2. The number of hydrogen-bond acceptors (Lipinski definition) is 4. The quantitative estimate of drug-likeness (QED) is 0.516. The van der Waals surface area contributed by atoms with Crippen molar-refractivity contribution in [2.24, 2.45) is 4.99 Å². The normalized spacial score (nSPS) is 14.7. The van der Waals surface area contributed by atoms with Gasteiger partial charge in [0.2, 0.25) is 11.8 Å². The van der Waals surface area contributed by atoms with Crippen LogP contribution in [0.15, 0.2) is 29.3 Å². The minimum absolute atomic E-state index is 0.114. The third-order valence-corrected chi connectivity index (χ3v) is 2.23. The second-order valence-electron chi connectivity index (χ2n) is 4.05. The molecule has 0 radical (unpaired) electrons. The highest BCUT2D eigenvalue weighted by Gasteiger charge is 2.57. The van der Waals surface area contributed by atoms with Gasteiger partial charge >= 0.3 is 12.1 Å². The van der Waals surface area contributed by atoms with Gasteiger partial charge < -0.3 is 16.0 Å². The lowest BCUT2D eigenvalue weighted by atomic mass is 10.3. The number of aliphatic imine (C=N–C) groups is 1. The van der Waals surface area contributed by atoms with E-state index in [-0.39, 0.29) is 5.82 Å². The van der Waals surface area contributed by atoms with Crippen LogP contribution in [0.25, 0.3) is 0 Å². The SMILES string of the molecule is O=C(CC(=O)NC1=CN=CC=CN1)NCC(F)(F)C(F)(F)F. The summed E-state index contributed by atoms with van der Waals surface area (Å²) >= 11 is 0. The lowest BCUT2D eigenvalue weighted by molar-refractivity contribution is -0.278. The Balaban J connectivity index is 2.42. The van der Waals surface area contributed by atoms with Gasteiger partial charge in [-0.1, -0.05) is 0 Å². The van der Waals surface area contributed by atoms with Crippen LogP contribution < -0.4 is 16.0 Å². The average molecular weight is 326 g/mol. The smallest absolute Gasteiger partial charge is 0.349 e. The lowest BCUT2D eigenvalue weighted by Gasteiger charge is -2.19. The third-order valence-electron chi connectivity index (χ3n) is 2.23. The molecule has 0 atom stereocenters. The number of hydrogen-bond donors (Lipinski definition) is 3. The monoisotopic (exact) mass is 326 g/mol. The first-order valence-electron chi connectivity index (χ1n) is 5.78. The Hall–Kier alpha value is -2.46. The third kappa shape index (κ3) is 5.50. The number of carbonyl (C=O) groups excluding carboxylic acids is 2. The standard InChI is InChI=1S/C11H11F5N4O2/c12-10(13,11(14,15)16)6-19-8(21)4-9(22)20-7-5-17-2-1-3-18-7/h1-3,5,18H,4,6H2,(H,19,21)(H,20,22). The molecule has 1 rings (SSSR count). The summed E-state index contributed by atoms with van der Waals surface area (Å²) in [6, 6.07) is 0. The van der Waals surface area contributed by atoms with Crippen molar-refractivity contribution in [3.63, 3.8) is 0 Å². The molecule has 0 unspecified atom stereocenters. The molecule has 0 saturated carbocycles. The van der Waals surface area contributed by atoms with Gasteiger partial charge in [0.1, 0.15) is 12.2 Å². The van der Waals surface area contributed by atoms with Gasteiger partial charge in [-0.25, -0.2) is 0 Å². The minimum Gasteiger partial charge on any atom is -0.349 e. The second-order valence-corrected chi connectivity index (χ2v) is 4.05. The molecule has 0 fully saturated rings. The van der Waals surface area contributed by atoms with Gasteiger partial charge in [-0.15, -0.1) is 0 Å². The number of rotatable bonds is 5. The Morgan fingerprint density at radius 2 is 1.86 bits per heavy atom. The van der Waals surface area contributed by atoms with Crippen molar-refractivity contribution in [1.82, 2.24) is 16.0 Å². The van der Waals surface area contributed by atoms with Gasteiger partial charge in [0.25, 0.3) is 0 Å². The molecule has 1 aliphatic heterocycles. The number of nitrogens with one attached hydrogen (secondary N) is 3. The molecule has 3 N–H and O–H groups in total. The van der Waals surface area contributed by atoms with E-state index in [0.717, 1.165) is 0 Å². The summed E-state index contributed by atoms with van der Waals surface area (Å²) in [6.45, 7) is -1.93. The zero-order chi connectivity index (χ0) is 16.8. The fourth-order valence-electron chi connectivity index (χ4n) is 1.17. The van der Waals surface area contributed by atoms with Crippen molar-refractivity contribution >= 4 is 18.0 Å². The lowest BCUT2D eigenvalue weighted by Crippen LogP contribution is -2.47. The highest BCUT2D eigenvalue weighted by molar-refractivity contribution is 5.97. The van der Waals surface area contributed by atoms with E-state index >= 15 is 0 Å². The molecule has 0 bridgehead atoms. The van der Waals surface area contributed by atoms with Gasteiger partial charge in [0.15, 0.2) is 0 Å². The first-order valence-corrected chi connectivity index (χ1v) is 5.78. The highest BCUT2D eigenvalue weighted by atomic mass is 19.4. The van der Waals surface area contributed by atoms with E-state index in [2.05, 4.69) is 15.6 Å². The summed E-state index contributed by atoms with van der Waals surface area (Å²) < 4.78 is 60.8. The van der Waals surface area contributed by atoms with E-state index in [1.54, 1.807) is 0 Å². The summed E-state index contributed by atoms with van der Waals surface area (Å²) in [7, 11) is 0. The van der Waals surface area contributed by atoms with E-state index in [1.165, 1.54) is 30.0 Å². The van der Waals surface area contributed by atoms with E-state index in [9.17, 15) is 31.5 Å². The molecule has 0 aromatic carbocycles. The summed E-state index contributed by atoms with van der Waals surface area (Å²) in [5, 5.41) is 6.13. The second kappa shape index (κ2) is 7.00. The van der Waals surface area contributed by atoms with E-state index < -0.39 is 36.9 Å². The van der Waals surface area contributed by atoms with Crippen molar-refractivity contribution in [1.29, 1.82) is 0 Å². The molecule has 0 aromatic rings. The first kappa shape index (κ1) is 17.6. The summed E-state index contributed by atoms with van der Waals surface area (Å²) in [6.07, 6.45) is -1.14. The Morgan fingerprint density at radius 1 is 1.18 bits per heavy atom. The zero-order valence-corrected chi connectivity index (χ0v) is 10.9. The van der Waals surface area contributed by atoms with Crippen LogP contribution in [0.5, 0.6) is 0 Å². The largest absolute Gasteiger partial charge is 0.455 e. The molecular formula is C11H11F5N4O2. The van der Waals surface area contributed by atoms with Crippen LogP contribution in [-0.4, -0.2) is 36.7 Å². The fraction of sp³-hybridized carbons (Fsp3) is 0.364. The number of allylic oxidation sites excluding steroid dienone is 1.